The minimum Gasteiger partial charge on any atom is -0.378 e. The number of aromatic amines is 1. The number of carbonyl (C=O) groups excluding carboxylic acids is 1. The third-order valence-electron chi connectivity index (χ3n) is 5.61. The van der Waals surface area contributed by atoms with Crippen LogP contribution in [0.2, 0.25) is 0 Å². The maximum Gasteiger partial charge on any atom is 0.256 e. The highest BCUT2D eigenvalue weighted by molar-refractivity contribution is 7.89. The van der Waals surface area contributed by atoms with Crippen LogP contribution >= 0.6 is 0 Å². The molecule has 0 unspecified atom stereocenters. The Morgan fingerprint density at radius 1 is 1.10 bits per heavy atom. The lowest BCUT2D eigenvalue weighted by molar-refractivity contribution is 0.102. The molecule has 1 aliphatic rings. The third kappa shape index (κ3) is 3.60. The Kier molecular flexibility index (Phi) is 5.10. The number of hydrogen-bond acceptors (Lipinski definition) is 5. The molecule has 2 aromatic carbocycles. The molecule has 8 nitrogen and oxygen atoms in total. The monoisotopic (exact) mass is 439 g/mol. The smallest absolute Gasteiger partial charge is 0.256 e. The van der Waals surface area contributed by atoms with E-state index < -0.39 is 15.6 Å². The first-order chi connectivity index (χ1) is 14.6. The van der Waals surface area contributed by atoms with Crippen LogP contribution in [-0.4, -0.2) is 42.9 Å². The van der Waals surface area contributed by atoms with Crippen LogP contribution in [0.1, 0.15) is 35.5 Å². The summed E-state index contributed by atoms with van der Waals surface area (Å²) >= 11 is 0. The molecule has 0 bridgehead atoms. The SMILES string of the molecule is CN(C)c1ccc(C(=O)Nc2n[nH]c3c2CN(S(=O)(=O)c2ccccc2)C3(C)C)cc1. The van der Waals surface area contributed by atoms with E-state index in [9.17, 15) is 13.2 Å². The molecular formula is C22H25N5O3S. The molecule has 9 heteroatoms. The molecule has 3 aromatic rings. The Morgan fingerprint density at radius 3 is 2.35 bits per heavy atom. The molecular weight excluding hydrogens is 414 g/mol. The molecule has 0 radical (unpaired) electrons. The van der Waals surface area contributed by atoms with Gasteiger partial charge in [-0.05, 0) is 50.2 Å². The predicted molar refractivity (Wildman–Crippen MR) is 120 cm³/mol. The Bertz CT molecular complexity index is 1220. The van der Waals surface area contributed by atoms with Gasteiger partial charge in [-0.15, -0.1) is 0 Å². The first kappa shape index (κ1) is 21.1. The van der Waals surface area contributed by atoms with Crippen LogP contribution in [0.15, 0.2) is 59.5 Å². The zero-order valence-corrected chi connectivity index (χ0v) is 18.7. The number of nitrogens with zero attached hydrogens (tertiary/aromatic N) is 3. The van der Waals surface area contributed by atoms with Gasteiger partial charge in [-0.25, -0.2) is 8.42 Å². The zero-order valence-electron chi connectivity index (χ0n) is 17.9. The van der Waals surface area contributed by atoms with E-state index in [1.54, 1.807) is 42.5 Å². The molecule has 0 spiro atoms. The van der Waals surface area contributed by atoms with Crippen LogP contribution < -0.4 is 10.2 Å². The number of aromatic nitrogens is 2. The summed E-state index contributed by atoms with van der Waals surface area (Å²) in [6.07, 6.45) is 0. The van der Waals surface area contributed by atoms with Crippen molar-refractivity contribution in [3.8, 4) is 0 Å². The summed E-state index contributed by atoms with van der Waals surface area (Å²) in [5.74, 6) is 0.0392. The quantitative estimate of drug-likeness (QED) is 0.636. The van der Waals surface area contributed by atoms with Gasteiger partial charge in [-0.2, -0.15) is 9.40 Å². The number of benzene rings is 2. The van der Waals surface area contributed by atoms with Crippen LogP contribution in [0.5, 0.6) is 0 Å². The summed E-state index contributed by atoms with van der Waals surface area (Å²) in [7, 11) is 0.133. The van der Waals surface area contributed by atoms with Crippen LogP contribution in [0.25, 0.3) is 0 Å². The Hall–Kier alpha value is -3.17. The lowest BCUT2D eigenvalue weighted by atomic mass is 10.0. The second-order valence-electron chi connectivity index (χ2n) is 8.20. The number of rotatable bonds is 5. The summed E-state index contributed by atoms with van der Waals surface area (Å²) in [5.41, 5.74) is 1.98. The summed E-state index contributed by atoms with van der Waals surface area (Å²) in [6.45, 7) is 3.76. The molecule has 1 aromatic heterocycles. The number of anilines is 2. The van der Waals surface area contributed by atoms with Crippen molar-refractivity contribution in [1.29, 1.82) is 0 Å². The van der Waals surface area contributed by atoms with Crippen molar-refractivity contribution >= 4 is 27.4 Å². The van der Waals surface area contributed by atoms with E-state index in [0.717, 1.165) is 5.69 Å². The average Bonchev–Trinajstić information content (AvgIpc) is 3.27. The molecule has 0 saturated carbocycles. The van der Waals surface area contributed by atoms with Crippen LogP contribution in [-0.2, 0) is 22.1 Å². The van der Waals surface area contributed by atoms with E-state index in [4.69, 9.17) is 0 Å². The van der Waals surface area contributed by atoms with Gasteiger partial charge in [0.15, 0.2) is 5.82 Å². The third-order valence-corrected chi connectivity index (χ3v) is 7.65. The van der Waals surface area contributed by atoms with Crippen molar-refractivity contribution in [2.24, 2.45) is 0 Å². The maximum absolute atomic E-state index is 13.3. The summed E-state index contributed by atoms with van der Waals surface area (Å²) < 4.78 is 27.9. The molecule has 2 heterocycles. The largest absolute Gasteiger partial charge is 0.378 e. The molecule has 0 aliphatic carbocycles. The number of fused-ring (bicyclic) bond motifs is 1. The van der Waals surface area contributed by atoms with E-state index in [1.165, 1.54) is 4.31 Å². The van der Waals surface area contributed by atoms with Gasteiger partial charge in [-0.1, -0.05) is 18.2 Å². The number of carbonyl (C=O) groups is 1. The zero-order chi connectivity index (χ0) is 22.4. The lowest BCUT2D eigenvalue weighted by Gasteiger charge is -2.30. The van der Waals surface area contributed by atoms with Gasteiger partial charge in [0.2, 0.25) is 10.0 Å². The van der Waals surface area contributed by atoms with Gasteiger partial charge in [-0.3, -0.25) is 9.89 Å². The summed E-state index contributed by atoms with van der Waals surface area (Å²) in [5, 5.41) is 10.0. The molecule has 4 rings (SSSR count). The normalized spacial score (nSPS) is 15.5. The van der Waals surface area contributed by atoms with Gasteiger partial charge in [0, 0.05) is 37.5 Å². The predicted octanol–water partition coefficient (Wildman–Crippen LogP) is 3.17. The molecule has 1 aliphatic heterocycles. The Labute approximate surface area is 181 Å². The van der Waals surface area contributed by atoms with E-state index in [-0.39, 0.29) is 17.3 Å². The fraction of sp³-hybridized carbons (Fsp3) is 0.273. The fourth-order valence-corrected chi connectivity index (χ4v) is 5.54. The minimum absolute atomic E-state index is 0.116. The van der Waals surface area contributed by atoms with Gasteiger partial charge >= 0.3 is 0 Å². The van der Waals surface area contributed by atoms with Crippen molar-refractivity contribution in [2.75, 3.05) is 24.3 Å². The molecule has 31 heavy (non-hydrogen) atoms. The van der Waals surface area contributed by atoms with Gasteiger partial charge in [0.25, 0.3) is 5.91 Å². The van der Waals surface area contributed by atoms with Gasteiger partial charge in [0.1, 0.15) is 0 Å². The number of amides is 1. The van der Waals surface area contributed by atoms with E-state index in [0.29, 0.717) is 22.6 Å². The van der Waals surface area contributed by atoms with E-state index in [2.05, 4.69) is 15.5 Å². The highest BCUT2D eigenvalue weighted by Crippen LogP contribution is 2.43. The summed E-state index contributed by atoms with van der Waals surface area (Å²) in [6, 6.07) is 15.5. The highest BCUT2D eigenvalue weighted by Gasteiger charge is 2.47. The van der Waals surface area contributed by atoms with Crippen LogP contribution in [0.3, 0.4) is 0 Å². The Balaban J connectivity index is 1.60. The fourth-order valence-electron chi connectivity index (χ4n) is 3.79. The number of hydrogen-bond donors (Lipinski definition) is 2. The molecule has 0 atom stereocenters. The Morgan fingerprint density at radius 2 is 1.74 bits per heavy atom. The molecule has 1 amide bonds. The maximum atomic E-state index is 13.3. The first-order valence-corrected chi connectivity index (χ1v) is 11.3. The standard InChI is InChI=1S/C22H25N5O3S/c1-22(2)19-18(14-27(22)31(29,30)17-8-6-5-7-9-17)20(25-24-19)23-21(28)15-10-12-16(13-11-15)26(3)4/h5-13H,14H2,1-4H3,(H2,23,24,25,28). The average molecular weight is 440 g/mol. The molecule has 0 saturated heterocycles. The van der Waals surface area contributed by atoms with E-state index >= 15 is 0 Å². The lowest BCUT2D eigenvalue weighted by Crippen LogP contribution is -2.40. The van der Waals surface area contributed by atoms with Crippen LogP contribution in [0, 0.1) is 0 Å². The molecule has 162 valence electrons. The molecule has 0 fully saturated rings. The summed E-state index contributed by atoms with van der Waals surface area (Å²) in [4.78, 5) is 14.9. The van der Waals surface area contributed by atoms with Crippen molar-refractivity contribution in [3.63, 3.8) is 0 Å². The highest BCUT2D eigenvalue weighted by atomic mass is 32.2. The van der Waals surface area contributed by atoms with Crippen molar-refractivity contribution in [2.45, 2.75) is 30.8 Å². The van der Waals surface area contributed by atoms with Crippen LogP contribution in [0.4, 0.5) is 11.5 Å². The van der Waals surface area contributed by atoms with Gasteiger partial charge < -0.3 is 10.2 Å². The second-order valence-corrected chi connectivity index (χ2v) is 10.1. The van der Waals surface area contributed by atoms with Crippen molar-refractivity contribution in [1.82, 2.24) is 14.5 Å². The topological polar surface area (TPSA) is 98.4 Å². The van der Waals surface area contributed by atoms with E-state index in [1.807, 2.05) is 45.0 Å². The first-order valence-electron chi connectivity index (χ1n) is 9.86. The minimum atomic E-state index is -3.73. The number of H-pyrrole nitrogens is 1. The number of nitrogens with one attached hydrogen (secondary N) is 2. The second kappa shape index (κ2) is 7.51. The van der Waals surface area contributed by atoms with Crippen molar-refractivity contribution in [3.05, 3.63) is 71.4 Å². The van der Waals surface area contributed by atoms with Gasteiger partial charge in [0.05, 0.1) is 16.1 Å². The van der Waals surface area contributed by atoms with Crippen molar-refractivity contribution < 1.29 is 13.2 Å². The molecule has 2 N–H and O–H groups in total. The number of sulfonamides is 1.